The van der Waals surface area contributed by atoms with Crippen molar-refractivity contribution in [3.8, 4) is 5.75 Å². The van der Waals surface area contributed by atoms with Crippen molar-refractivity contribution in [3.05, 3.63) is 92.9 Å². The van der Waals surface area contributed by atoms with Crippen LogP contribution in [0.4, 0.5) is 5.69 Å². The largest absolute Gasteiger partial charge is 0.489 e. The van der Waals surface area contributed by atoms with Gasteiger partial charge in [-0.2, -0.15) is 0 Å². The van der Waals surface area contributed by atoms with Crippen LogP contribution in [0.1, 0.15) is 11.1 Å². The number of rotatable bonds is 6. The molecule has 0 aliphatic carbocycles. The van der Waals surface area contributed by atoms with Crippen molar-refractivity contribution in [3.63, 3.8) is 0 Å². The summed E-state index contributed by atoms with van der Waals surface area (Å²) in [5.74, 6) is 0.795. The Morgan fingerprint density at radius 1 is 0.800 bits per heavy atom. The lowest BCUT2D eigenvalue weighted by atomic mass is 10.2. The molecule has 0 atom stereocenters. The molecular formula is C20H16Cl3NO. The second-order valence-corrected chi connectivity index (χ2v) is 6.82. The fourth-order valence-corrected chi connectivity index (χ4v) is 3.10. The average molecular weight is 393 g/mol. The number of halogens is 3. The molecule has 0 radical (unpaired) electrons. The SMILES string of the molecule is Clc1cc(Cl)cc(NCc2cccc(OCc3ccccc3Cl)c2)c1. The standard InChI is InChI=1S/C20H16Cl3NO/c21-16-9-17(22)11-18(10-16)24-12-14-4-3-6-19(8-14)25-13-15-5-1-2-7-20(15)23/h1-11,24H,12-13H2. The molecule has 3 rings (SSSR count). The van der Waals surface area contributed by atoms with E-state index in [4.69, 9.17) is 39.5 Å². The van der Waals surface area contributed by atoms with Gasteiger partial charge >= 0.3 is 0 Å². The lowest BCUT2D eigenvalue weighted by molar-refractivity contribution is 0.306. The highest BCUT2D eigenvalue weighted by molar-refractivity contribution is 6.35. The molecule has 0 aromatic heterocycles. The first kappa shape index (κ1) is 17.9. The smallest absolute Gasteiger partial charge is 0.120 e. The number of benzene rings is 3. The average Bonchev–Trinajstić information content (AvgIpc) is 2.59. The van der Waals surface area contributed by atoms with E-state index in [-0.39, 0.29) is 0 Å². The van der Waals surface area contributed by atoms with Gasteiger partial charge in [-0.25, -0.2) is 0 Å². The Morgan fingerprint density at radius 2 is 1.56 bits per heavy atom. The fraction of sp³-hybridized carbons (Fsp3) is 0.100. The second kappa shape index (κ2) is 8.48. The summed E-state index contributed by atoms with van der Waals surface area (Å²) in [6, 6.07) is 21.0. The second-order valence-electron chi connectivity index (χ2n) is 5.54. The van der Waals surface area contributed by atoms with Crippen LogP contribution in [0.2, 0.25) is 15.1 Å². The van der Waals surface area contributed by atoms with Gasteiger partial charge in [0.25, 0.3) is 0 Å². The van der Waals surface area contributed by atoms with E-state index >= 15 is 0 Å². The number of hydrogen-bond donors (Lipinski definition) is 1. The van der Waals surface area contributed by atoms with Gasteiger partial charge in [0.2, 0.25) is 0 Å². The van der Waals surface area contributed by atoms with E-state index in [2.05, 4.69) is 5.32 Å². The van der Waals surface area contributed by atoms with Crippen molar-refractivity contribution in [1.82, 2.24) is 0 Å². The van der Waals surface area contributed by atoms with Crippen molar-refractivity contribution in [2.75, 3.05) is 5.32 Å². The van der Waals surface area contributed by atoms with Gasteiger partial charge in [0.15, 0.2) is 0 Å². The molecule has 0 spiro atoms. The Kier molecular flexibility index (Phi) is 6.09. The van der Waals surface area contributed by atoms with Crippen LogP contribution in [-0.4, -0.2) is 0 Å². The van der Waals surface area contributed by atoms with Crippen molar-refractivity contribution in [2.24, 2.45) is 0 Å². The predicted molar refractivity (Wildman–Crippen MR) is 106 cm³/mol. The molecule has 3 aromatic carbocycles. The van der Waals surface area contributed by atoms with Crippen molar-refractivity contribution in [1.29, 1.82) is 0 Å². The van der Waals surface area contributed by atoms with E-state index in [9.17, 15) is 0 Å². The summed E-state index contributed by atoms with van der Waals surface area (Å²) >= 11 is 18.2. The first-order chi connectivity index (χ1) is 12.1. The Bertz CT molecular complexity index is 847. The Labute approximate surface area is 162 Å². The summed E-state index contributed by atoms with van der Waals surface area (Å²) in [5.41, 5.74) is 2.92. The summed E-state index contributed by atoms with van der Waals surface area (Å²) in [6.45, 7) is 1.07. The zero-order valence-electron chi connectivity index (χ0n) is 13.3. The van der Waals surface area contributed by atoms with E-state index in [0.717, 1.165) is 22.6 Å². The van der Waals surface area contributed by atoms with Crippen LogP contribution in [0.15, 0.2) is 66.7 Å². The topological polar surface area (TPSA) is 21.3 Å². The molecule has 128 valence electrons. The minimum Gasteiger partial charge on any atom is -0.489 e. The summed E-state index contributed by atoms with van der Waals surface area (Å²) in [4.78, 5) is 0. The maximum absolute atomic E-state index is 6.15. The Balaban J connectivity index is 1.62. The number of nitrogens with one attached hydrogen (secondary N) is 1. The maximum Gasteiger partial charge on any atom is 0.120 e. The zero-order chi connectivity index (χ0) is 17.6. The van der Waals surface area contributed by atoms with E-state index in [1.165, 1.54) is 0 Å². The number of anilines is 1. The third-order valence-electron chi connectivity index (χ3n) is 3.61. The van der Waals surface area contributed by atoms with Crippen molar-refractivity contribution >= 4 is 40.5 Å². The van der Waals surface area contributed by atoms with Crippen LogP contribution in [0.5, 0.6) is 5.75 Å². The van der Waals surface area contributed by atoms with Gasteiger partial charge in [0, 0.05) is 32.9 Å². The van der Waals surface area contributed by atoms with E-state index < -0.39 is 0 Å². The summed E-state index contributed by atoms with van der Waals surface area (Å²) in [6.07, 6.45) is 0. The molecule has 0 saturated heterocycles. The fourth-order valence-electron chi connectivity index (χ4n) is 2.38. The van der Waals surface area contributed by atoms with Gasteiger partial charge < -0.3 is 10.1 Å². The van der Waals surface area contributed by atoms with Crippen LogP contribution >= 0.6 is 34.8 Å². The lowest BCUT2D eigenvalue weighted by Crippen LogP contribution is -2.01. The van der Waals surface area contributed by atoms with Gasteiger partial charge in [-0.3, -0.25) is 0 Å². The third kappa shape index (κ3) is 5.30. The molecule has 2 nitrogen and oxygen atoms in total. The van der Waals surface area contributed by atoms with Gasteiger partial charge in [-0.1, -0.05) is 65.1 Å². The minimum absolute atomic E-state index is 0.431. The molecule has 0 unspecified atom stereocenters. The van der Waals surface area contributed by atoms with Gasteiger partial charge in [0.05, 0.1) is 0 Å². The Morgan fingerprint density at radius 3 is 2.32 bits per heavy atom. The molecule has 0 aliphatic rings. The van der Waals surface area contributed by atoms with Gasteiger partial charge in [-0.15, -0.1) is 0 Å². The molecular weight excluding hydrogens is 377 g/mol. The molecule has 0 amide bonds. The van der Waals surface area contributed by atoms with Crippen LogP contribution in [-0.2, 0) is 13.2 Å². The summed E-state index contributed by atoms with van der Waals surface area (Å²) < 4.78 is 5.85. The summed E-state index contributed by atoms with van der Waals surface area (Å²) in [7, 11) is 0. The molecule has 3 aromatic rings. The summed E-state index contributed by atoms with van der Waals surface area (Å²) in [5, 5.41) is 5.22. The molecule has 0 bridgehead atoms. The van der Waals surface area contributed by atoms with E-state index in [1.807, 2.05) is 60.7 Å². The van der Waals surface area contributed by atoms with E-state index in [0.29, 0.717) is 28.2 Å². The highest BCUT2D eigenvalue weighted by Crippen LogP contribution is 2.24. The molecule has 0 heterocycles. The highest BCUT2D eigenvalue weighted by atomic mass is 35.5. The molecule has 0 fully saturated rings. The van der Waals surface area contributed by atoms with E-state index in [1.54, 1.807) is 6.07 Å². The lowest BCUT2D eigenvalue weighted by Gasteiger charge is -2.11. The molecule has 5 heteroatoms. The Hall–Kier alpha value is -1.87. The van der Waals surface area contributed by atoms with Crippen molar-refractivity contribution < 1.29 is 4.74 Å². The molecule has 25 heavy (non-hydrogen) atoms. The first-order valence-corrected chi connectivity index (χ1v) is 8.89. The quantitative estimate of drug-likeness (QED) is 0.496. The first-order valence-electron chi connectivity index (χ1n) is 7.75. The number of ether oxygens (including phenoxy) is 1. The highest BCUT2D eigenvalue weighted by Gasteiger charge is 2.03. The van der Waals surface area contributed by atoms with Gasteiger partial charge in [0.1, 0.15) is 12.4 Å². The van der Waals surface area contributed by atoms with Gasteiger partial charge in [-0.05, 0) is 42.0 Å². The normalized spacial score (nSPS) is 10.5. The van der Waals surface area contributed by atoms with Crippen molar-refractivity contribution in [2.45, 2.75) is 13.2 Å². The minimum atomic E-state index is 0.431. The van der Waals surface area contributed by atoms with Crippen LogP contribution < -0.4 is 10.1 Å². The van der Waals surface area contributed by atoms with Crippen LogP contribution in [0.25, 0.3) is 0 Å². The van der Waals surface area contributed by atoms with Crippen LogP contribution in [0.3, 0.4) is 0 Å². The maximum atomic E-state index is 6.15. The molecule has 0 saturated carbocycles. The van der Waals surface area contributed by atoms with Crippen LogP contribution in [0, 0.1) is 0 Å². The molecule has 0 aliphatic heterocycles. The predicted octanol–water partition coefficient (Wildman–Crippen LogP) is 6.84. The number of hydrogen-bond acceptors (Lipinski definition) is 2. The third-order valence-corrected chi connectivity index (χ3v) is 4.41. The monoisotopic (exact) mass is 391 g/mol. The zero-order valence-corrected chi connectivity index (χ0v) is 15.6. The molecule has 1 N–H and O–H groups in total.